The molecule has 7 amide bonds. The van der Waals surface area contributed by atoms with E-state index in [2.05, 4.69) is 42.5 Å². The van der Waals surface area contributed by atoms with Crippen LogP contribution in [0.1, 0.15) is 117 Å². The van der Waals surface area contributed by atoms with Gasteiger partial charge in [0.1, 0.15) is 23.9 Å². The number of Topliss-reactive ketones (excluding diaryl/α,β-unsaturated/α-hetero) is 1. The molecule has 19 heteroatoms. The number of nitrogens with one attached hydrogen (secondary N) is 8. The Bertz CT molecular complexity index is 1910. The second-order valence-electron chi connectivity index (χ2n) is 16.4. The molecule has 364 valence electrons. The molecule has 2 aromatic carbocycles. The first kappa shape index (κ1) is 56.3. The number of rotatable bonds is 32. The highest BCUT2D eigenvalue weighted by Crippen LogP contribution is 2.11. The minimum absolute atomic E-state index is 0.0273. The van der Waals surface area contributed by atoms with Crippen LogP contribution in [0.4, 0.5) is 0 Å². The summed E-state index contributed by atoms with van der Waals surface area (Å²) < 4.78 is 0. The van der Waals surface area contributed by atoms with E-state index in [-0.39, 0.29) is 55.0 Å². The molecular weight excluding hydrogens is 869 g/mol. The van der Waals surface area contributed by atoms with E-state index in [1.807, 2.05) is 39.3 Å². The van der Waals surface area contributed by atoms with Crippen LogP contribution in [0.2, 0.25) is 0 Å². The highest BCUT2D eigenvalue weighted by molar-refractivity contribution is 7.98. The first-order valence-electron chi connectivity index (χ1n) is 22.6. The van der Waals surface area contributed by atoms with Crippen LogP contribution in [-0.2, 0) is 46.7 Å². The van der Waals surface area contributed by atoms with Crippen LogP contribution in [-0.4, -0.2) is 115 Å². The van der Waals surface area contributed by atoms with Crippen LogP contribution >= 0.6 is 11.8 Å². The van der Waals surface area contributed by atoms with Crippen molar-refractivity contribution in [2.75, 3.05) is 38.7 Å². The molecule has 0 saturated heterocycles. The van der Waals surface area contributed by atoms with Gasteiger partial charge in [0, 0.05) is 49.5 Å². The largest absolute Gasteiger partial charge is 0.480 e. The maximum Gasteiger partial charge on any atom is 0.326 e. The minimum Gasteiger partial charge on any atom is -0.480 e. The number of thioether (sulfide) groups is 1. The number of ketones is 1. The van der Waals surface area contributed by atoms with Crippen LogP contribution < -0.4 is 42.5 Å². The van der Waals surface area contributed by atoms with Crippen molar-refractivity contribution in [3.8, 4) is 0 Å². The third kappa shape index (κ3) is 21.9. The van der Waals surface area contributed by atoms with E-state index < -0.39 is 66.1 Å². The lowest BCUT2D eigenvalue weighted by Gasteiger charge is -2.22. The summed E-state index contributed by atoms with van der Waals surface area (Å²) in [7, 11) is 1.82. The molecule has 2 aromatic rings. The minimum atomic E-state index is -1.24. The van der Waals surface area contributed by atoms with Crippen LogP contribution in [0.25, 0.3) is 0 Å². The maximum atomic E-state index is 13.2. The van der Waals surface area contributed by atoms with Gasteiger partial charge in [-0.15, -0.1) is 0 Å². The van der Waals surface area contributed by atoms with Gasteiger partial charge in [-0.3, -0.25) is 38.4 Å². The summed E-state index contributed by atoms with van der Waals surface area (Å²) in [5, 5.41) is 31.1. The van der Waals surface area contributed by atoms with Gasteiger partial charge >= 0.3 is 5.97 Å². The summed E-state index contributed by atoms with van der Waals surface area (Å²) in [4.78, 5) is 113. The summed E-state index contributed by atoms with van der Waals surface area (Å²) in [6.07, 6.45) is 5.90. The fraction of sp³-hybridized carbons (Fsp3) is 0.553. The monoisotopic (exact) mass is 938 g/mol. The molecule has 66 heavy (non-hydrogen) atoms. The predicted octanol–water partition coefficient (Wildman–Crippen LogP) is 2.59. The molecule has 0 aliphatic rings. The molecule has 0 radical (unpaired) electrons. The Morgan fingerprint density at radius 3 is 1.79 bits per heavy atom. The van der Waals surface area contributed by atoms with Crippen molar-refractivity contribution in [1.82, 2.24) is 42.5 Å². The van der Waals surface area contributed by atoms with Crippen molar-refractivity contribution in [3.63, 3.8) is 0 Å². The first-order valence-corrected chi connectivity index (χ1v) is 24.0. The van der Waals surface area contributed by atoms with Crippen LogP contribution in [0, 0.1) is 11.8 Å². The highest BCUT2D eigenvalue weighted by atomic mass is 32.2. The van der Waals surface area contributed by atoms with Gasteiger partial charge in [0.25, 0.3) is 11.8 Å². The Morgan fingerprint density at radius 1 is 0.606 bits per heavy atom. The van der Waals surface area contributed by atoms with Gasteiger partial charge in [-0.1, -0.05) is 52.0 Å². The average Bonchev–Trinajstić information content (AvgIpc) is 3.30. The van der Waals surface area contributed by atoms with E-state index in [9.17, 15) is 48.3 Å². The maximum absolute atomic E-state index is 13.2. The molecule has 0 aliphatic carbocycles. The standard InChI is InChI=1S/C47H70N8O10S/c1-7-31(4)38(56)13-8-9-14-39(57)49-24-11-10-12-37(47(64)65)53-40(58)28-52-45(62)36(23-25-66-6)54-44(61)35-21-17-33(18-22-35)27-50-46(63)42(30(2)3)55-41(59)29-51-43(60)34-19-15-32(16-20-34)26-48-5/h15-22,30-31,36-37,42,48H,7-14,23-29H2,1-6H3,(H,49,57)(H,50,63)(H,51,60)(H,52,62)(H,53,58)(H,54,61)(H,55,59)(H,64,65). The summed E-state index contributed by atoms with van der Waals surface area (Å²) in [5.74, 6) is -4.18. The zero-order valence-electron chi connectivity index (χ0n) is 39.1. The van der Waals surface area contributed by atoms with Crippen molar-refractivity contribution in [2.24, 2.45) is 11.8 Å². The van der Waals surface area contributed by atoms with Crippen molar-refractivity contribution >= 4 is 64.9 Å². The van der Waals surface area contributed by atoms with Crippen LogP contribution in [0.15, 0.2) is 48.5 Å². The van der Waals surface area contributed by atoms with E-state index in [4.69, 9.17) is 0 Å². The Morgan fingerprint density at radius 2 is 1.20 bits per heavy atom. The quantitative estimate of drug-likeness (QED) is 0.0480. The number of aliphatic carboxylic acids is 1. The summed E-state index contributed by atoms with van der Waals surface area (Å²) >= 11 is 1.46. The van der Waals surface area contributed by atoms with Crippen LogP contribution in [0.5, 0.6) is 0 Å². The number of amides is 7. The third-order valence-corrected chi connectivity index (χ3v) is 11.4. The lowest BCUT2D eigenvalue weighted by Crippen LogP contribution is -2.51. The topological polar surface area (TPSA) is 270 Å². The fourth-order valence-corrected chi connectivity index (χ4v) is 6.93. The highest BCUT2D eigenvalue weighted by Gasteiger charge is 2.26. The van der Waals surface area contributed by atoms with E-state index in [1.165, 1.54) is 23.9 Å². The predicted molar refractivity (Wildman–Crippen MR) is 253 cm³/mol. The van der Waals surface area contributed by atoms with Gasteiger partial charge in [-0.05, 0) is 105 Å². The zero-order chi connectivity index (χ0) is 49.0. The Kier molecular flexibility index (Phi) is 26.6. The Hall–Kier alpha value is -5.82. The third-order valence-electron chi connectivity index (χ3n) is 10.7. The molecule has 0 fully saturated rings. The van der Waals surface area contributed by atoms with E-state index in [0.717, 1.165) is 12.0 Å². The SMILES string of the molecule is CCC(C)C(=O)CCCCC(=O)NCCCCC(NC(=O)CNC(=O)C(CCSC)NC(=O)c1ccc(CNC(=O)C(NC(=O)CNC(=O)c2ccc(CNC)cc2)C(C)C)cc1)C(=O)O. The van der Waals surface area contributed by atoms with Gasteiger partial charge < -0.3 is 47.6 Å². The summed E-state index contributed by atoms with van der Waals surface area (Å²) in [6.45, 7) is 7.67. The second-order valence-corrected chi connectivity index (χ2v) is 17.4. The molecule has 0 heterocycles. The number of unbranched alkanes of at least 4 members (excludes halogenated alkanes) is 2. The number of carbonyl (C=O) groups excluding carboxylic acids is 8. The number of carbonyl (C=O) groups is 9. The fourth-order valence-electron chi connectivity index (χ4n) is 6.46. The lowest BCUT2D eigenvalue weighted by atomic mass is 9.99. The summed E-state index contributed by atoms with van der Waals surface area (Å²) in [5.41, 5.74) is 2.30. The number of benzene rings is 2. The lowest BCUT2D eigenvalue weighted by molar-refractivity contribution is -0.142. The molecule has 4 atom stereocenters. The molecule has 4 unspecified atom stereocenters. The molecule has 2 rings (SSSR count). The molecule has 0 spiro atoms. The van der Waals surface area contributed by atoms with E-state index in [1.54, 1.807) is 38.1 Å². The molecule has 0 aromatic heterocycles. The van der Waals surface area contributed by atoms with Gasteiger partial charge in [-0.2, -0.15) is 11.8 Å². The van der Waals surface area contributed by atoms with Crippen molar-refractivity contribution < 1.29 is 48.3 Å². The molecule has 0 aliphatic heterocycles. The number of carboxylic acids is 1. The molecule has 9 N–H and O–H groups in total. The van der Waals surface area contributed by atoms with Gasteiger partial charge in [0.15, 0.2) is 0 Å². The average molecular weight is 939 g/mol. The van der Waals surface area contributed by atoms with Gasteiger partial charge in [-0.25, -0.2) is 4.79 Å². The molecule has 18 nitrogen and oxygen atoms in total. The Balaban J connectivity index is 1.81. The molecule has 0 saturated carbocycles. The van der Waals surface area contributed by atoms with Crippen molar-refractivity contribution in [1.29, 1.82) is 0 Å². The van der Waals surface area contributed by atoms with Crippen molar-refractivity contribution in [2.45, 2.75) is 117 Å². The van der Waals surface area contributed by atoms with E-state index in [0.29, 0.717) is 68.5 Å². The number of carboxylic acid groups (broad SMARTS) is 1. The molecular formula is C47H70N8O10S. The Labute approximate surface area is 392 Å². The first-order chi connectivity index (χ1) is 31.5. The van der Waals surface area contributed by atoms with E-state index >= 15 is 0 Å². The molecule has 0 bridgehead atoms. The normalized spacial score (nSPS) is 12.7. The second kappa shape index (κ2) is 31.2. The summed E-state index contributed by atoms with van der Waals surface area (Å²) in [6, 6.07) is 10.2. The van der Waals surface area contributed by atoms with Gasteiger partial charge in [0.05, 0.1) is 13.1 Å². The van der Waals surface area contributed by atoms with Crippen molar-refractivity contribution in [3.05, 3.63) is 70.8 Å². The zero-order valence-corrected chi connectivity index (χ0v) is 40.0. The number of hydrogen-bond donors (Lipinski definition) is 9. The van der Waals surface area contributed by atoms with Gasteiger partial charge in [0.2, 0.25) is 29.5 Å². The number of hydrogen-bond acceptors (Lipinski definition) is 11. The van der Waals surface area contributed by atoms with Crippen LogP contribution in [0.3, 0.4) is 0 Å². The smallest absolute Gasteiger partial charge is 0.326 e.